The Morgan fingerprint density at radius 1 is 1.00 bits per heavy atom. The molecule has 2 aromatic carbocycles. The number of halogens is 1. The summed E-state index contributed by atoms with van der Waals surface area (Å²) in [6.45, 7) is 0. The van der Waals surface area contributed by atoms with Crippen molar-refractivity contribution in [2.75, 3.05) is 0 Å². The van der Waals surface area contributed by atoms with Crippen molar-refractivity contribution >= 4 is 34.3 Å². The standard InChI is InChI=1S/C16H12ClN3S/c17-14-9-5-4-8-13(14)11-18-16-20-19-15(21-16)10-12-6-2-1-3-7-12/h1-9,11H,10H2. The minimum Gasteiger partial charge on any atom is -0.226 e. The van der Waals surface area contributed by atoms with Crippen LogP contribution in [0.1, 0.15) is 16.1 Å². The van der Waals surface area contributed by atoms with Gasteiger partial charge in [0.15, 0.2) is 0 Å². The number of aromatic nitrogens is 2. The Morgan fingerprint density at radius 3 is 2.57 bits per heavy atom. The van der Waals surface area contributed by atoms with E-state index in [0.717, 1.165) is 17.0 Å². The second-order valence-electron chi connectivity index (χ2n) is 4.42. The third-order valence-corrected chi connectivity index (χ3v) is 4.05. The van der Waals surface area contributed by atoms with Crippen molar-refractivity contribution in [1.82, 2.24) is 10.2 Å². The van der Waals surface area contributed by atoms with Gasteiger partial charge in [-0.05, 0) is 11.6 Å². The summed E-state index contributed by atoms with van der Waals surface area (Å²) in [5.74, 6) is 0. The first-order valence-corrected chi connectivity index (χ1v) is 7.65. The van der Waals surface area contributed by atoms with E-state index >= 15 is 0 Å². The first kappa shape index (κ1) is 13.9. The molecule has 0 amide bonds. The van der Waals surface area contributed by atoms with Crippen LogP contribution in [-0.4, -0.2) is 16.4 Å². The average Bonchev–Trinajstić information content (AvgIpc) is 2.95. The normalized spacial score (nSPS) is 11.1. The van der Waals surface area contributed by atoms with Crippen LogP contribution in [0.3, 0.4) is 0 Å². The van der Waals surface area contributed by atoms with Crippen molar-refractivity contribution in [2.24, 2.45) is 4.99 Å². The molecule has 0 aliphatic heterocycles. The van der Waals surface area contributed by atoms with Crippen LogP contribution in [0.4, 0.5) is 5.13 Å². The lowest BCUT2D eigenvalue weighted by Crippen LogP contribution is -1.85. The van der Waals surface area contributed by atoms with Crippen LogP contribution in [0.5, 0.6) is 0 Å². The SMILES string of the molecule is Clc1ccccc1C=Nc1nnc(Cc2ccccc2)s1. The molecule has 0 N–H and O–H groups in total. The van der Waals surface area contributed by atoms with E-state index in [1.807, 2.05) is 42.5 Å². The number of aliphatic imine (C=N–C) groups is 1. The third-order valence-electron chi connectivity index (χ3n) is 2.87. The molecule has 5 heteroatoms. The van der Waals surface area contributed by atoms with Crippen molar-refractivity contribution in [2.45, 2.75) is 6.42 Å². The van der Waals surface area contributed by atoms with Gasteiger partial charge in [0.05, 0.1) is 0 Å². The molecule has 0 unspecified atom stereocenters. The third kappa shape index (κ3) is 3.74. The zero-order valence-electron chi connectivity index (χ0n) is 11.1. The van der Waals surface area contributed by atoms with Crippen molar-refractivity contribution < 1.29 is 0 Å². The van der Waals surface area contributed by atoms with Crippen LogP contribution >= 0.6 is 22.9 Å². The van der Waals surface area contributed by atoms with Crippen LogP contribution in [0.15, 0.2) is 59.6 Å². The highest BCUT2D eigenvalue weighted by Crippen LogP contribution is 2.21. The van der Waals surface area contributed by atoms with Gasteiger partial charge in [-0.2, -0.15) is 0 Å². The molecule has 1 aromatic heterocycles. The number of hydrogen-bond acceptors (Lipinski definition) is 4. The van der Waals surface area contributed by atoms with E-state index in [1.165, 1.54) is 16.9 Å². The first-order chi connectivity index (χ1) is 10.3. The molecular weight excluding hydrogens is 302 g/mol. The summed E-state index contributed by atoms with van der Waals surface area (Å²) in [5.41, 5.74) is 2.09. The lowest BCUT2D eigenvalue weighted by atomic mass is 10.2. The Kier molecular flexibility index (Phi) is 4.38. The Balaban J connectivity index is 1.72. The molecule has 0 bridgehead atoms. The van der Waals surface area contributed by atoms with E-state index in [2.05, 4.69) is 27.3 Å². The van der Waals surface area contributed by atoms with Gasteiger partial charge in [-0.3, -0.25) is 0 Å². The second-order valence-corrected chi connectivity index (χ2v) is 5.87. The summed E-state index contributed by atoms with van der Waals surface area (Å²) in [5, 5.41) is 10.5. The van der Waals surface area contributed by atoms with Crippen LogP contribution in [0.2, 0.25) is 5.02 Å². The number of benzene rings is 2. The number of nitrogens with zero attached hydrogens (tertiary/aromatic N) is 3. The molecule has 3 nitrogen and oxygen atoms in total. The molecule has 0 spiro atoms. The van der Waals surface area contributed by atoms with E-state index in [-0.39, 0.29) is 0 Å². The van der Waals surface area contributed by atoms with E-state index in [9.17, 15) is 0 Å². The van der Waals surface area contributed by atoms with E-state index in [4.69, 9.17) is 11.6 Å². The van der Waals surface area contributed by atoms with Crippen LogP contribution in [0, 0.1) is 0 Å². The smallest absolute Gasteiger partial charge is 0.226 e. The van der Waals surface area contributed by atoms with Gasteiger partial charge < -0.3 is 0 Å². The van der Waals surface area contributed by atoms with Gasteiger partial charge in [-0.1, -0.05) is 71.5 Å². The predicted octanol–water partition coefficient (Wildman–Crippen LogP) is 4.53. The van der Waals surface area contributed by atoms with Crippen LogP contribution < -0.4 is 0 Å². The van der Waals surface area contributed by atoms with Crippen molar-refractivity contribution in [3.05, 3.63) is 75.8 Å². The first-order valence-electron chi connectivity index (χ1n) is 6.46. The second kappa shape index (κ2) is 6.61. The number of rotatable bonds is 4. The quantitative estimate of drug-likeness (QED) is 0.664. The van der Waals surface area contributed by atoms with Gasteiger partial charge in [0, 0.05) is 23.2 Å². The van der Waals surface area contributed by atoms with Gasteiger partial charge in [0.2, 0.25) is 5.13 Å². The van der Waals surface area contributed by atoms with Gasteiger partial charge in [0.25, 0.3) is 0 Å². The summed E-state index contributed by atoms with van der Waals surface area (Å²) >= 11 is 7.57. The van der Waals surface area contributed by atoms with Crippen molar-refractivity contribution in [3.63, 3.8) is 0 Å². The van der Waals surface area contributed by atoms with Gasteiger partial charge >= 0.3 is 0 Å². The van der Waals surface area contributed by atoms with Gasteiger partial charge in [-0.15, -0.1) is 10.2 Å². The Morgan fingerprint density at radius 2 is 1.76 bits per heavy atom. The molecule has 0 saturated carbocycles. The maximum Gasteiger partial charge on any atom is 0.231 e. The Hall–Kier alpha value is -2.04. The van der Waals surface area contributed by atoms with Gasteiger partial charge in [-0.25, -0.2) is 4.99 Å². The molecule has 1 heterocycles. The predicted molar refractivity (Wildman–Crippen MR) is 87.9 cm³/mol. The van der Waals surface area contributed by atoms with E-state index in [1.54, 1.807) is 6.21 Å². The summed E-state index contributed by atoms with van der Waals surface area (Å²) < 4.78 is 0. The van der Waals surface area contributed by atoms with Crippen molar-refractivity contribution in [1.29, 1.82) is 0 Å². The fraction of sp³-hybridized carbons (Fsp3) is 0.0625. The minimum absolute atomic E-state index is 0.640. The molecule has 0 saturated heterocycles. The topological polar surface area (TPSA) is 38.1 Å². The maximum atomic E-state index is 6.08. The summed E-state index contributed by atoms with van der Waals surface area (Å²) in [4.78, 5) is 4.34. The molecule has 0 radical (unpaired) electrons. The van der Waals surface area contributed by atoms with Crippen LogP contribution in [-0.2, 0) is 6.42 Å². The van der Waals surface area contributed by atoms with E-state index < -0.39 is 0 Å². The Bertz CT molecular complexity index is 753. The molecule has 104 valence electrons. The van der Waals surface area contributed by atoms with Gasteiger partial charge in [0.1, 0.15) is 5.01 Å². The molecule has 0 atom stereocenters. The molecular formula is C16H12ClN3S. The highest BCUT2D eigenvalue weighted by Gasteiger charge is 2.04. The molecule has 3 aromatic rings. The van der Waals surface area contributed by atoms with E-state index in [0.29, 0.717) is 10.2 Å². The summed E-state index contributed by atoms with van der Waals surface area (Å²) in [6, 6.07) is 17.8. The zero-order valence-corrected chi connectivity index (χ0v) is 12.7. The Labute approximate surface area is 132 Å². The fourth-order valence-corrected chi connectivity index (χ4v) is 2.75. The lowest BCUT2D eigenvalue weighted by Gasteiger charge is -1.95. The lowest BCUT2D eigenvalue weighted by molar-refractivity contribution is 1.00. The molecule has 0 aliphatic carbocycles. The summed E-state index contributed by atoms with van der Waals surface area (Å²) in [7, 11) is 0. The number of hydrogen-bond donors (Lipinski definition) is 0. The average molecular weight is 314 g/mol. The fourth-order valence-electron chi connectivity index (χ4n) is 1.84. The zero-order chi connectivity index (χ0) is 14.5. The highest BCUT2D eigenvalue weighted by atomic mass is 35.5. The molecule has 3 rings (SSSR count). The molecule has 0 aliphatic rings. The molecule has 0 fully saturated rings. The largest absolute Gasteiger partial charge is 0.231 e. The monoisotopic (exact) mass is 313 g/mol. The summed E-state index contributed by atoms with van der Waals surface area (Å²) in [6.07, 6.45) is 2.50. The molecule has 21 heavy (non-hydrogen) atoms. The van der Waals surface area contributed by atoms with Crippen molar-refractivity contribution in [3.8, 4) is 0 Å². The maximum absolute atomic E-state index is 6.08. The van der Waals surface area contributed by atoms with Crippen LogP contribution in [0.25, 0.3) is 0 Å². The minimum atomic E-state index is 0.640. The highest BCUT2D eigenvalue weighted by molar-refractivity contribution is 7.15.